The summed E-state index contributed by atoms with van der Waals surface area (Å²) >= 11 is 3.47. The average Bonchev–Trinajstić information content (AvgIpc) is 3.05. The minimum atomic E-state index is -0.00774. The highest BCUT2D eigenvalue weighted by Crippen LogP contribution is 2.24. The second kappa shape index (κ2) is 8.21. The molecule has 0 bridgehead atoms. The molecule has 0 saturated carbocycles. The van der Waals surface area contributed by atoms with E-state index in [0.717, 1.165) is 56.5 Å². The van der Waals surface area contributed by atoms with Crippen molar-refractivity contribution in [2.24, 2.45) is 5.92 Å². The molecule has 2 fully saturated rings. The molecule has 6 heteroatoms. The number of piperidine rings is 1. The second-order valence-corrected chi connectivity index (χ2v) is 7.92. The van der Waals surface area contributed by atoms with Crippen molar-refractivity contribution < 1.29 is 4.79 Å². The maximum atomic E-state index is 12.1. The Morgan fingerprint density at radius 1 is 1.17 bits per heavy atom. The third kappa shape index (κ3) is 4.86. The topological polar surface area (TPSA) is 47.6 Å². The van der Waals surface area contributed by atoms with Crippen LogP contribution in [0.25, 0.3) is 0 Å². The lowest BCUT2D eigenvalue weighted by atomic mass is 10.1. The SMILES string of the molecule is CN1CCC(NC(=O)NCC2CCN(c3ccc(Br)cc3)C2)CC1. The highest BCUT2D eigenvalue weighted by atomic mass is 79.9. The van der Waals surface area contributed by atoms with Crippen molar-refractivity contribution >= 4 is 27.6 Å². The summed E-state index contributed by atoms with van der Waals surface area (Å²) in [6.07, 6.45) is 3.22. The number of halogens is 1. The number of amides is 2. The molecule has 2 aliphatic heterocycles. The Labute approximate surface area is 152 Å². The first kappa shape index (κ1) is 17.5. The van der Waals surface area contributed by atoms with Gasteiger partial charge in [0.25, 0.3) is 0 Å². The van der Waals surface area contributed by atoms with Gasteiger partial charge >= 0.3 is 6.03 Å². The molecule has 2 aliphatic rings. The summed E-state index contributed by atoms with van der Waals surface area (Å²) in [6.45, 7) is 4.96. The van der Waals surface area contributed by atoms with Crippen LogP contribution in [0.2, 0.25) is 0 Å². The summed E-state index contributed by atoms with van der Waals surface area (Å²) in [6, 6.07) is 8.77. The van der Waals surface area contributed by atoms with Gasteiger partial charge in [-0.15, -0.1) is 0 Å². The lowest BCUT2D eigenvalue weighted by molar-refractivity contribution is 0.213. The minimum Gasteiger partial charge on any atom is -0.371 e. The molecule has 0 aliphatic carbocycles. The first-order chi connectivity index (χ1) is 11.6. The van der Waals surface area contributed by atoms with Crippen molar-refractivity contribution in [2.45, 2.75) is 25.3 Å². The molecule has 24 heavy (non-hydrogen) atoms. The van der Waals surface area contributed by atoms with Crippen LogP contribution in [0, 0.1) is 5.92 Å². The lowest BCUT2D eigenvalue weighted by Gasteiger charge is -2.29. The van der Waals surface area contributed by atoms with E-state index >= 15 is 0 Å². The number of rotatable bonds is 4. The molecule has 132 valence electrons. The maximum absolute atomic E-state index is 12.1. The number of urea groups is 1. The zero-order valence-electron chi connectivity index (χ0n) is 14.3. The number of carbonyl (C=O) groups is 1. The normalized spacial score (nSPS) is 22.6. The Balaban J connectivity index is 1.38. The second-order valence-electron chi connectivity index (χ2n) is 7.01. The van der Waals surface area contributed by atoms with E-state index in [1.165, 1.54) is 5.69 Å². The predicted octanol–water partition coefficient (Wildman–Crippen LogP) is 2.67. The van der Waals surface area contributed by atoms with E-state index in [9.17, 15) is 4.79 Å². The first-order valence-electron chi connectivity index (χ1n) is 8.83. The molecule has 1 atom stereocenters. The highest BCUT2D eigenvalue weighted by Gasteiger charge is 2.24. The lowest BCUT2D eigenvalue weighted by Crippen LogP contribution is -2.48. The van der Waals surface area contributed by atoms with E-state index in [-0.39, 0.29) is 6.03 Å². The molecule has 0 spiro atoms. The van der Waals surface area contributed by atoms with Gasteiger partial charge in [-0.25, -0.2) is 4.79 Å². The van der Waals surface area contributed by atoms with Crippen molar-refractivity contribution in [1.29, 1.82) is 0 Å². The maximum Gasteiger partial charge on any atom is 0.315 e. The van der Waals surface area contributed by atoms with Gasteiger partial charge in [0.05, 0.1) is 0 Å². The van der Waals surface area contributed by atoms with Gasteiger partial charge in [0.2, 0.25) is 0 Å². The Kier molecular flexibility index (Phi) is 6.00. The highest BCUT2D eigenvalue weighted by molar-refractivity contribution is 9.10. The van der Waals surface area contributed by atoms with Crippen LogP contribution in [0.3, 0.4) is 0 Å². The Hall–Kier alpha value is -1.27. The first-order valence-corrected chi connectivity index (χ1v) is 9.63. The number of nitrogens with one attached hydrogen (secondary N) is 2. The van der Waals surface area contributed by atoms with Crippen molar-refractivity contribution in [1.82, 2.24) is 15.5 Å². The zero-order chi connectivity index (χ0) is 16.9. The molecule has 2 amide bonds. The molecule has 0 radical (unpaired) electrons. The van der Waals surface area contributed by atoms with Crippen LogP contribution in [0.15, 0.2) is 28.7 Å². The van der Waals surface area contributed by atoms with Gasteiger partial charge in [-0.1, -0.05) is 15.9 Å². The Morgan fingerprint density at radius 3 is 2.58 bits per heavy atom. The molecule has 1 aromatic rings. The fourth-order valence-corrected chi connectivity index (χ4v) is 3.78. The van der Waals surface area contributed by atoms with Crippen LogP contribution in [0.1, 0.15) is 19.3 Å². The van der Waals surface area contributed by atoms with Gasteiger partial charge in [-0.2, -0.15) is 0 Å². The number of carbonyl (C=O) groups excluding carboxylic acids is 1. The van der Waals surface area contributed by atoms with Gasteiger partial charge in [0.15, 0.2) is 0 Å². The van der Waals surface area contributed by atoms with Crippen LogP contribution in [0.5, 0.6) is 0 Å². The summed E-state index contributed by atoms with van der Waals surface area (Å²) in [5.41, 5.74) is 1.26. The minimum absolute atomic E-state index is 0.00774. The fraction of sp³-hybridized carbons (Fsp3) is 0.611. The smallest absolute Gasteiger partial charge is 0.315 e. The number of hydrogen-bond acceptors (Lipinski definition) is 3. The number of benzene rings is 1. The molecule has 2 saturated heterocycles. The molecular formula is C18H27BrN4O. The van der Waals surface area contributed by atoms with Gasteiger partial charge in [-0.05, 0) is 69.6 Å². The Morgan fingerprint density at radius 2 is 1.88 bits per heavy atom. The molecular weight excluding hydrogens is 368 g/mol. The predicted molar refractivity (Wildman–Crippen MR) is 102 cm³/mol. The molecule has 1 aromatic carbocycles. The zero-order valence-corrected chi connectivity index (χ0v) is 15.9. The van der Waals surface area contributed by atoms with Gasteiger partial charge in [-0.3, -0.25) is 0 Å². The third-order valence-corrected chi connectivity index (χ3v) is 5.61. The van der Waals surface area contributed by atoms with E-state index in [1.54, 1.807) is 0 Å². The third-order valence-electron chi connectivity index (χ3n) is 5.08. The van der Waals surface area contributed by atoms with Gasteiger partial charge < -0.3 is 20.4 Å². The number of nitrogens with zero attached hydrogens (tertiary/aromatic N) is 2. The summed E-state index contributed by atoms with van der Waals surface area (Å²) in [7, 11) is 2.13. The fourth-order valence-electron chi connectivity index (χ4n) is 3.51. The standard InChI is InChI=1S/C18H27BrN4O/c1-22-9-7-16(8-10-22)21-18(24)20-12-14-6-11-23(13-14)17-4-2-15(19)3-5-17/h2-5,14,16H,6-13H2,1H3,(H2,20,21,24). The van der Waals surface area contributed by atoms with Crippen LogP contribution >= 0.6 is 15.9 Å². The van der Waals surface area contributed by atoms with Gasteiger partial charge in [0.1, 0.15) is 0 Å². The largest absolute Gasteiger partial charge is 0.371 e. The number of anilines is 1. The van der Waals surface area contributed by atoms with E-state index < -0.39 is 0 Å². The van der Waals surface area contributed by atoms with Crippen LogP contribution in [-0.2, 0) is 0 Å². The molecule has 0 aromatic heterocycles. The van der Waals surface area contributed by atoms with Gasteiger partial charge in [0, 0.05) is 35.8 Å². The van der Waals surface area contributed by atoms with Crippen molar-refractivity contribution in [3.63, 3.8) is 0 Å². The average molecular weight is 395 g/mol. The molecule has 2 heterocycles. The summed E-state index contributed by atoms with van der Waals surface area (Å²) in [5, 5.41) is 6.18. The number of hydrogen-bond donors (Lipinski definition) is 2. The van der Waals surface area contributed by atoms with E-state index in [1.807, 2.05) is 0 Å². The monoisotopic (exact) mass is 394 g/mol. The molecule has 1 unspecified atom stereocenters. The van der Waals surface area contributed by atoms with Crippen LogP contribution in [0.4, 0.5) is 10.5 Å². The Bertz CT molecular complexity index is 542. The van der Waals surface area contributed by atoms with E-state index in [0.29, 0.717) is 12.0 Å². The summed E-state index contributed by atoms with van der Waals surface area (Å²) in [5.74, 6) is 0.525. The molecule has 5 nitrogen and oxygen atoms in total. The molecule has 3 rings (SSSR count). The van der Waals surface area contributed by atoms with Crippen molar-refractivity contribution in [3.05, 3.63) is 28.7 Å². The van der Waals surface area contributed by atoms with Crippen molar-refractivity contribution in [2.75, 3.05) is 44.7 Å². The van der Waals surface area contributed by atoms with Crippen LogP contribution in [-0.4, -0.2) is 56.7 Å². The number of likely N-dealkylation sites (tertiary alicyclic amines) is 1. The summed E-state index contributed by atoms with van der Waals surface area (Å²) in [4.78, 5) is 16.8. The quantitative estimate of drug-likeness (QED) is 0.824. The van der Waals surface area contributed by atoms with E-state index in [4.69, 9.17) is 0 Å². The molecule has 2 N–H and O–H groups in total. The van der Waals surface area contributed by atoms with Crippen molar-refractivity contribution in [3.8, 4) is 0 Å². The summed E-state index contributed by atoms with van der Waals surface area (Å²) < 4.78 is 1.11. The van der Waals surface area contributed by atoms with Crippen LogP contribution < -0.4 is 15.5 Å². The van der Waals surface area contributed by atoms with E-state index in [2.05, 4.69) is 67.7 Å².